The van der Waals surface area contributed by atoms with Crippen LogP contribution in [-0.2, 0) is 0 Å². The van der Waals surface area contributed by atoms with E-state index in [1.54, 1.807) is 4.90 Å². The van der Waals surface area contributed by atoms with Crippen molar-refractivity contribution in [3.63, 3.8) is 0 Å². The molecule has 0 aliphatic carbocycles. The molecule has 0 fully saturated rings. The van der Waals surface area contributed by atoms with E-state index in [9.17, 15) is 4.79 Å². The zero-order valence-electron chi connectivity index (χ0n) is 12.8. The first-order valence-electron chi connectivity index (χ1n) is 6.99. The van der Waals surface area contributed by atoms with Gasteiger partial charge in [0.15, 0.2) is 0 Å². The van der Waals surface area contributed by atoms with Gasteiger partial charge in [-0.2, -0.15) is 15.0 Å². The Kier molecular flexibility index (Phi) is 5.23. The fraction of sp³-hybridized carbons (Fsp3) is 0.462. The summed E-state index contributed by atoms with van der Waals surface area (Å²) in [5.74, 6) is 1.11. The van der Waals surface area contributed by atoms with Gasteiger partial charge in [-0.05, 0) is 6.42 Å². The number of nitrogens with zero attached hydrogens (tertiary/aromatic N) is 5. The summed E-state index contributed by atoms with van der Waals surface area (Å²) in [6.07, 6.45) is 2.09. The van der Waals surface area contributed by atoms with Crippen molar-refractivity contribution in [1.82, 2.24) is 25.1 Å². The van der Waals surface area contributed by atoms with Crippen LogP contribution in [0.25, 0.3) is 0 Å². The van der Waals surface area contributed by atoms with E-state index < -0.39 is 0 Å². The molecule has 2 aromatic heterocycles. The number of ether oxygens (including phenoxy) is 1. The van der Waals surface area contributed by atoms with E-state index >= 15 is 0 Å². The number of hydrogen-bond acceptors (Lipinski definition) is 8. The van der Waals surface area contributed by atoms with E-state index in [0.29, 0.717) is 11.9 Å². The predicted octanol–water partition coefficient (Wildman–Crippen LogP) is 1.03. The van der Waals surface area contributed by atoms with Crippen molar-refractivity contribution < 1.29 is 4.74 Å². The van der Waals surface area contributed by atoms with Crippen molar-refractivity contribution in [2.24, 2.45) is 0 Å². The molecule has 2 N–H and O–H groups in total. The van der Waals surface area contributed by atoms with Crippen molar-refractivity contribution >= 4 is 11.9 Å². The number of aromatic amines is 1. The molecule has 0 aliphatic heterocycles. The lowest BCUT2D eigenvalue weighted by molar-refractivity contribution is 0.417. The molecular formula is C13H19N7O2. The Labute approximate surface area is 127 Å². The van der Waals surface area contributed by atoms with E-state index in [0.717, 1.165) is 19.4 Å². The minimum atomic E-state index is -0.307. The van der Waals surface area contributed by atoms with E-state index in [1.165, 1.54) is 12.1 Å². The van der Waals surface area contributed by atoms with Crippen LogP contribution in [0, 0.1) is 0 Å². The topological polar surface area (TPSA) is 109 Å². The number of anilines is 2. The van der Waals surface area contributed by atoms with Crippen molar-refractivity contribution in [2.75, 3.05) is 30.9 Å². The van der Waals surface area contributed by atoms with Gasteiger partial charge in [0, 0.05) is 32.8 Å². The highest BCUT2D eigenvalue weighted by atomic mass is 16.5. The molecule has 0 atom stereocenters. The average Bonchev–Trinajstić information content (AvgIpc) is 2.50. The van der Waals surface area contributed by atoms with Crippen LogP contribution in [0.4, 0.5) is 11.9 Å². The van der Waals surface area contributed by atoms with E-state index in [2.05, 4.69) is 37.4 Å². The number of hydrogen-bond donors (Lipinski definition) is 2. The minimum Gasteiger partial charge on any atom is -0.403 e. The Hall–Kier alpha value is -2.71. The van der Waals surface area contributed by atoms with E-state index in [-0.39, 0.29) is 17.4 Å². The van der Waals surface area contributed by atoms with Crippen LogP contribution < -0.4 is 20.5 Å². The van der Waals surface area contributed by atoms with Crippen LogP contribution in [0.3, 0.4) is 0 Å². The normalized spacial score (nSPS) is 10.3. The summed E-state index contributed by atoms with van der Waals surface area (Å²) >= 11 is 0. The van der Waals surface area contributed by atoms with Gasteiger partial charge in [0.25, 0.3) is 5.56 Å². The Morgan fingerprint density at radius 1 is 1.27 bits per heavy atom. The zero-order valence-corrected chi connectivity index (χ0v) is 12.8. The van der Waals surface area contributed by atoms with Gasteiger partial charge in [-0.15, -0.1) is 5.10 Å². The number of H-pyrrole nitrogens is 1. The summed E-state index contributed by atoms with van der Waals surface area (Å²) in [7, 11) is 3.65. The third-order valence-electron chi connectivity index (χ3n) is 2.67. The molecule has 0 aliphatic rings. The summed E-state index contributed by atoms with van der Waals surface area (Å²) in [4.78, 5) is 25.4. The summed E-state index contributed by atoms with van der Waals surface area (Å²) in [5.41, 5.74) is -0.307. The van der Waals surface area contributed by atoms with E-state index in [1.807, 2.05) is 14.1 Å². The van der Waals surface area contributed by atoms with Gasteiger partial charge >= 0.3 is 6.01 Å². The third-order valence-corrected chi connectivity index (χ3v) is 2.67. The Balaban J connectivity index is 2.21. The highest BCUT2D eigenvalue weighted by molar-refractivity contribution is 5.37. The monoisotopic (exact) mass is 305 g/mol. The van der Waals surface area contributed by atoms with Crippen LogP contribution in [0.5, 0.6) is 11.9 Å². The summed E-state index contributed by atoms with van der Waals surface area (Å²) < 4.78 is 5.46. The molecule has 0 spiro atoms. The van der Waals surface area contributed by atoms with Gasteiger partial charge in [-0.25, -0.2) is 5.10 Å². The molecule has 2 heterocycles. The maximum atomic E-state index is 11.0. The molecule has 9 nitrogen and oxygen atoms in total. The van der Waals surface area contributed by atoms with Crippen LogP contribution in [0.1, 0.15) is 19.8 Å². The van der Waals surface area contributed by atoms with Gasteiger partial charge in [0.2, 0.25) is 17.8 Å². The van der Waals surface area contributed by atoms with Gasteiger partial charge in [-0.1, -0.05) is 13.3 Å². The van der Waals surface area contributed by atoms with Crippen molar-refractivity contribution in [2.45, 2.75) is 19.8 Å². The van der Waals surface area contributed by atoms with Crippen LogP contribution in [-0.4, -0.2) is 45.8 Å². The van der Waals surface area contributed by atoms with E-state index in [4.69, 9.17) is 4.74 Å². The van der Waals surface area contributed by atoms with Crippen LogP contribution in [0.15, 0.2) is 16.9 Å². The molecular weight excluding hydrogens is 286 g/mol. The summed E-state index contributed by atoms with van der Waals surface area (Å²) in [6, 6.07) is 2.87. The Morgan fingerprint density at radius 3 is 2.73 bits per heavy atom. The highest BCUT2D eigenvalue weighted by Crippen LogP contribution is 2.17. The molecule has 0 aromatic carbocycles. The van der Waals surface area contributed by atoms with Crippen molar-refractivity contribution in [3.05, 3.63) is 22.5 Å². The average molecular weight is 305 g/mol. The number of nitrogens with one attached hydrogen (secondary N) is 2. The quantitative estimate of drug-likeness (QED) is 0.730. The van der Waals surface area contributed by atoms with Crippen LogP contribution in [0.2, 0.25) is 0 Å². The molecule has 22 heavy (non-hydrogen) atoms. The van der Waals surface area contributed by atoms with Gasteiger partial charge in [0.05, 0.1) is 0 Å². The lowest BCUT2D eigenvalue weighted by atomic mass is 10.3. The largest absolute Gasteiger partial charge is 0.403 e. The SMILES string of the molecule is CCCCNc1nc(Oc2ccc(=O)[nH]n2)nc(N(C)C)n1. The Morgan fingerprint density at radius 2 is 2.09 bits per heavy atom. The lowest BCUT2D eigenvalue weighted by Crippen LogP contribution is -2.16. The smallest absolute Gasteiger partial charge is 0.330 e. The van der Waals surface area contributed by atoms with Gasteiger partial charge in [-0.3, -0.25) is 4.79 Å². The number of unbranched alkanes of at least 4 members (excludes halogenated alkanes) is 1. The van der Waals surface area contributed by atoms with Gasteiger partial charge < -0.3 is 15.0 Å². The molecule has 0 saturated heterocycles. The zero-order chi connectivity index (χ0) is 15.9. The molecule has 9 heteroatoms. The fourth-order valence-corrected chi connectivity index (χ4v) is 1.53. The second-order valence-electron chi connectivity index (χ2n) is 4.78. The Bertz CT molecular complexity index is 651. The predicted molar refractivity (Wildman–Crippen MR) is 82.5 cm³/mol. The molecule has 2 rings (SSSR count). The molecule has 0 radical (unpaired) electrons. The van der Waals surface area contributed by atoms with Crippen molar-refractivity contribution in [1.29, 1.82) is 0 Å². The minimum absolute atomic E-state index is 0.109. The lowest BCUT2D eigenvalue weighted by Gasteiger charge is -2.13. The molecule has 118 valence electrons. The highest BCUT2D eigenvalue weighted by Gasteiger charge is 2.10. The van der Waals surface area contributed by atoms with Crippen molar-refractivity contribution in [3.8, 4) is 11.9 Å². The third kappa shape index (κ3) is 4.40. The van der Waals surface area contributed by atoms with Gasteiger partial charge in [0.1, 0.15) is 0 Å². The van der Waals surface area contributed by atoms with Crippen LogP contribution >= 0.6 is 0 Å². The molecule has 0 bridgehead atoms. The molecule has 0 unspecified atom stereocenters. The maximum Gasteiger partial charge on any atom is 0.330 e. The maximum absolute atomic E-state index is 11.0. The summed E-state index contributed by atoms with van der Waals surface area (Å²) in [5, 5.41) is 9.17. The first-order valence-corrected chi connectivity index (χ1v) is 6.99. The second kappa shape index (κ2) is 7.34. The first kappa shape index (κ1) is 15.7. The second-order valence-corrected chi connectivity index (χ2v) is 4.78. The number of aromatic nitrogens is 5. The first-order chi connectivity index (χ1) is 10.6. The molecule has 2 aromatic rings. The standard InChI is InChI=1S/C13H19N7O2/c1-4-5-8-14-11-15-12(20(2)3)17-13(16-11)22-10-7-6-9(21)18-19-10/h6-7H,4-5,8H2,1-3H3,(H,18,21)(H,14,15,16,17). The number of rotatable bonds is 7. The molecule has 0 saturated carbocycles. The summed E-state index contributed by atoms with van der Waals surface area (Å²) in [6.45, 7) is 2.88. The fourth-order valence-electron chi connectivity index (χ4n) is 1.53. The molecule has 0 amide bonds.